The van der Waals surface area contributed by atoms with Crippen molar-refractivity contribution in [2.45, 2.75) is 31.2 Å². The van der Waals surface area contributed by atoms with E-state index in [1.165, 1.54) is 19.1 Å². The Bertz CT molecular complexity index is 722. The van der Waals surface area contributed by atoms with Gasteiger partial charge in [-0.3, -0.25) is 9.59 Å². The first kappa shape index (κ1) is 19.6. The summed E-state index contributed by atoms with van der Waals surface area (Å²) in [4.78, 5) is 23.1. The van der Waals surface area contributed by atoms with Crippen molar-refractivity contribution in [1.82, 2.24) is 10.0 Å². The van der Waals surface area contributed by atoms with Crippen LogP contribution in [-0.4, -0.2) is 39.5 Å². The first-order valence-electron chi connectivity index (χ1n) is 7.15. The predicted molar refractivity (Wildman–Crippen MR) is 85.2 cm³/mol. The maximum Gasteiger partial charge on any atom is 0.324 e. The highest BCUT2D eigenvalue weighted by Gasteiger charge is 2.23. The summed E-state index contributed by atoms with van der Waals surface area (Å²) in [6.45, 7) is 2.76. The van der Waals surface area contributed by atoms with Crippen molar-refractivity contribution >= 4 is 21.9 Å². The molecule has 0 saturated carbocycles. The summed E-state index contributed by atoms with van der Waals surface area (Å²) in [5.74, 6) is -1.44. The van der Waals surface area contributed by atoms with E-state index in [0.29, 0.717) is 0 Å². The number of carbonyl (C=O) groups excluding carboxylic acids is 2. The molecule has 0 spiro atoms. The van der Waals surface area contributed by atoms with Crippen LogP contribution in [0.15, 0.2) is 29.2 Å². The molecule has 0 saturated heterocycles. The minimum Gasteiger partial charge on any atom is -0.454 e. The average Bonchev–Trinajstić information content (AvgIpc) is 2.52. The number of esters is 1. The van der Waals surface area contributed by atoms with Crippen LogP contribution in [0.5, 0.6) is 0 Å². The number of benzene rings is 1. The molecule has 1 rings (SSSR count). The zero-order valence-electron chi connectivity index (χ0n) is 13.4. The van der Waals surface area contributed by atoms with Crippen LogP contribution in [0, 0.1) is 18.3 Å². The topological polar surface area (TPSA) is 125 Å². The van der Waals surface area contributed by atoms with Gasteiger partial charge in [-0.15, -0.1) is 0 Å². The lowest BCUT2D eigenvalue weighted by atomic mass is 10.2. The SMILES string of the molecule is Cc1ccc(S(=O)(=O)N[C@@H](C)C(=O)OCC(=O)NCCC#N)cc1. The van der Waals surface area contributed by atoms with E-state index in [2.05, 4.69) is 10.0 Å². The van der Waals surface area contributed by atoms with Crippen LogP contribution in [-0.2, 0) is 24.3 Å². The number of nitrogens with zero attached hydrogens (tertiary/aromatic N) is 1. The van der Waals surface area contributed by atoms with Gasteiger partial charge in [0.25, 0.3) is 5.91 Å². The lowest BCUT2D eigenvalue weighted by Crippen LogP contribution is -2.41. The Labute approximate surface area is 140 Å². The van der Waals surface area contributed by atoms with Gasteiger partial charge in [0.2, 0.25) is 10.0 Å². The van der Waals surface area contributed by atoms with E-state index >= 15 is 0 Å². The van der Waals surface area contributed by atoms with Crippen LogP contribution in [0.4, 0.5) is 0 Å². The molecule has 9 heteroatoms. The van der Waals surface area contributed by atoms with E-state index in [9.17, 15) is 18.0 Å². The minimum atomic E-state index is -3.86. The Morgan fingerprint density at radius 2 is 1.92 bits per heavy atom. The molecule has 0 aromatic heterocycles. The number of hydrogen-bond acceptors (Lipinski definition) is 6. The molecule has 130 valence electrons. The molecule has 8 nitrogen and oxygen atoms in total. The lowest BCUT2D eigenvalue weighted by molar-refractivity contribution is -0.149. The number of sulfonamides is 1. The van der Waals surface area contributed by atoms with Gasteiger partial charge < -0.3 is 10.1 Å². The summed E-state index contributed by atoms with van der Waals surface area (Å²) in [7, 11) is -3.86. The Kier molecular flexibility index (Phi) is 7.35. The van der Waals surface area contributed by atoms with Crippen LogP contribution in [0.2, 0.25) is 0 Å². The number of aryl methyl sites for hydroxylation is 1. The van der Waals surface area contributed by atoms with Crippen molar-refractivity contribution in [3.8, 4) is 6.07 Å². The maximum absolute atomic E-state index is 12.1. The molecule has 1 aromatic rings. The third-order valence-corrected chi connectivity index (χ3v) is 4.48. The fraction of sp³-hybridized carbons (Fsp3) is 0.400. The smallest absolute Gasteiger partial charge is 0.324 e. The van der Waals surface area contributed by atoms with Gasteiger partial charge >= 0.3 is 5.97 Å². The molecule has 2 N–H and O–H groups in total. The highest BCUT2D eigenvalue weighted by molar-refractivity contribution is 7.89. The van der Waals surface area contributed by atoms with Crippen LogP contribution in [0.3, 0.4) is 0 Å². The van der Waals surface area contributed by atoms with Gasteiger partial charge in [-0.2, -0.15) is 9.98 Å². The predicted octanol–water partition coefficient (Wildman–Crippen LogP) is 0.235. The molecule has 0 fully saturated rings. The van der Waals surface area contributed by atoms with Crippen LogP contribution in [0.25, 0.3) is 0 Å². The molecule has 0 aliphatic carbocycles. The second-order valence-electron chi connectivity index (χ2n) is 5.02. The van der Waals surface area contributed by atoms with Crippen molar-refractivity contribution in [2.24, 2.45) is 0 Å². The Morgan fingerprint density at radius 3 is 2.50 bits per heavy atom. The van der Waals surface area contributed by atoms with Gasteiger partial charge in [0.05, 0.1) is 17.4 Å². The third kappa shape index (κ3) is 6.36. The fourth-order valence-electron chi connectivity index (χ4n) is 1.64. The van der Waals surface area contributed by atoms with Gasteiger partial charge in [0.1, 0.15) is 6.04 Å². The van der Waals surface area contributed by atoms with Crippen molar-refractivity contribution in [3.63, 3.8) is 0 Å². The minimum absolute atomic E-state index is 0.0296. The van der Waals surface area contributed by atoms with E-state index in [0.717, 1.165) is 5.56 Å². The van der Waals surface area contributed by atoms with E-state index in [-0.39, 0.29) is 17.9 Å². The van der Waals surface area contributed by atoms with Gasteiger partial charge in [0.15, 0.2) is 6.61 Å². The summed E-state index contributed by atoms with van der Waals surface area (Å²) >= 11 is 0. The van der Waals surface area contributed by atoms with Gasteiger partial charge in [0, 0.05) is 6.54 Å². The van der Waals surface area contributed by atoms with Crippen LogP contribution in [0.1, 0.15) is 18.9 Å². The zero-order valence-corrected chi connectivity index (χ0v) is 14.2. The summed E-state index contributed by atoms with van der Waals surface area (Å²) in [6.07, 6.45) is 0.145. The number of hydrogen-bond donors (Lipinski definition) is 2. The zero-order chi connectivity index (χ0) is 18.2. The molecule has 24 heavy (non-hydrogen) atoms. The number of carbonyl (C=O) groups is 2. The summed E-state index contributed by atoms with van der Waals surface area (Å²) in [6, 6.07) is 6.84. The Hall–Kier alpha value is -2.44. The van der Waals surface area contributed by atoms with E-state index in [4.69, 9.17) is 10.00 Å². The second kappa shape index (κ2) is 9.00. The molecule has 0 aliphatic rings. The molecular formula is C15H19N3O5S. The molecule has 0 radical (unpaired) electrons. The Morgan fingerprint density at radius 1 is 1.29 bits per heavy atom. The molecule has 0 bridgehead atoms. The monoisotopic (exact) mass is 353 g/mol. The molecule has 0 aliphatic heterocycles. The standard InChI is InChI=1S/C15H19N3O5S/c1-11-4-6-13(7-5-11)24(21,22)18-12(2)15(20)23-10-14(19)17-9-3-8-16/h4-7,12,18H,3,9-10H2,1-2H3,(H,17,19)/t12-/m0/s1. The van der Waals surface area contributed by atoms with E-state index < -0.39 is 34.5 Å². The van der Waals surface area contributed by atoms with Crippen molar-refractivity contribution in [3.05, 3.63) is 29.8 Å². The highest BCUT2D eigenvalue weighted by atomic mass is 32.2. The molecule has 1 aromatic carbocycles. The molecule has 0 unspecified atom stereocenters. The number of nitrogens with one attached hydrogen (secondary N) is 2. The summed E-state index contributed by atoms with van der Waals surface area (Å²) < 4.78 is 31.2. The number of nitriles is 1. The van der Waals surface area contributed by atoms with Crippen molar-refractivity contribution < 1.29 is 22.7 Å². The fourth-order valence-corrected chi connectivity index (χ4v) is 2.83. The first-order chi connectivity index (χ1) is 11.3. The summed E-state index contributed by atoms with van der Waals surface area (Å²) in [5.41, 5.74) is 0.906. The number of amides is 1. The molecule has 1 amide bonds. The van der Waals surface area contributed by atoms with E-state index in [1.54, 1.807) is 12.1 Å². The van der Waals surface area contributed by atoms with Gasteiger partial charge in [-0.05, 0) is 26.0 Å². The number of rotatable bonds is 8. The lowest BCUT2D eigenvalue weighted by Gasteiger charge is -2.13. The normalized spacial score (nSPS) is 12.0. The van der Waals surface area contributed by atoms with Crippen LogP contribution < -0.4 is 10.0 Å². The van der Waals surface area contributed by atoms with Crippen molar-refractivity contribution in [1.29, 1.82) is 5.26 Å². The maximum atomic E-state index is 12.1. The quantitative estimate of drug-likeness (QED) is 0.509. The largest absolute Gasteiger partial charge is 0.454 e. The van der Waals surface area contributed by atoms with E-state index in [1.807, 2.05) is 13.0 Å². The van der Waals surface area contributed by atoms with Crippen molar-refractivity contribution in [2.75, 3.05) is 13.2 Å². The van der Waals surface area contributed by atoms with Gasteiger partial charge in [-0.1, -0.05) is 17.7 Å². The number of ether oxygens (including phenoxy) is 1. The molecular weight excluding hydrogens is 334 g/mol. The molecule has 1 atom stereocenters. The average molecular weight is 353 g/mol. The van der Waals surface area contributed by atoms with Crippen LogP contribution >= 0.6 is 0 Å². The Balaban J connectivity index is 2.53. The summed E-state index contributed by atoms with van der Waals surface area (Å²) in [5, 5.41) is 10.7. The second-order valence-corrected chi connectivity index (χ2v) is 6.74. The van der Waals surface area contributed by atoms with Gasteiger partial charge in [-0.25, -0.2) is 8.42 Å². The molecule has 0 heterocycles. The highest BCUT2D eigenvalue weighted by Crippen LogP contribution is 2.10. The first-order valence-corrected chi connectivity index (χ1v) is 8.64. The third-order valence-electron chi connectivity index (χ3n) is 2.92.